The average Bonchev–Trinajstić information content (AvgIpc) is 2.53. The highest BCUT2D eigenvalue weighted by molar-refractivity contribution is 5.94. The molecule has 2 rings (SSSR count). The smallest absolute Gasteiger partial charge is 0.339 e. The van der Waals surface area contributed by atoms with Crippen LogP contribution in [0.5, 0.6) is 5.75 Å². The van der Waals surface area contributed by atoms with E-state index in [2.05, 4.69) is 4.99 Å². The SMILES string of the molecule is COc1ccc(C=Nc2ccc(C(=O)O)cc2)cc1C(=O)O. The Kier molecular flexibility index (Phi) is 4.53. The zero-order valence-corrected chi connectivity index (χ0v) is 11.7. The Morgan fingerprint density at radius 2 is 1.73 bits per heavy atom. The van der Waals surface area contributed by atoms with E-state index in [9.17, 15) is 9.59 Å². The van der Waals surface area contributed by atoms with Crippen LogP contribution >= 0.6 is 0 Å². The number of aromatic carboxylic acids is 2. The van der Waals surface area contributed by atoms with Gasteiger partial charge < -0.3 is 14.9 Å². The number of carbonyl (C=O) groups is 2. The summed E-state index contributed by atoms with van der Waals surface area (Å²) in [5, 5.41) is 17.9. The van der Waals surface area contributed by atoms with Crippen molar-refractivity contribution in [3.05, 3.63) is 59.2 Å². The van der Waals surface area contributed by atoms with Gasteiger partial charge in [0.25, 0.3) is 0 Å². The van der Waals surface area contributed by atoms with Gasteiger partial charge >= 0.3 is 11.9 Å². The van der Waals surface area contributed by atoms with E-state index >= 15 is 0 Å². The zero-order chi connectivity index (χ0) is 16.1. The second kappa shape index (κ2) is 6.53. The molecule has 0 saturated carbocycles. The van der Waals surface area contributed by atoms with Crippen molar-refractivity contribution in [2.75, 3.05) is 7.11 Å². The first-order valence-corrected chi connectivity index (χ1v) is 6.30. The van der Waals surface area contributed by atoms with Gasteiger partial charge in [0.05, 0.1) is 18.4 Å². The molecule has 0 aliphatic carbocycles. The van der Waals surface area contributed by atoms with Gasteiger partial charge in [-0.15, -0.1) is 0 Å². The Morgan fingerprint density at radius 3 is 2.27 bits per heavy atom. The summed E-state index contributed by atoms with van der Waals surface area (Å²) in [7, 11) is 1.40. The molecule has 0 unspecified atom stereocenters. The Balaban J connectivity index is 2.24. The van der Waals surface area contributed by atoms with Crippen molar-refractivity contribution < 1.29 is 24.5 Å². The molecule has 0 bridgehead atoms. The minimum Gasteiger partial charge on any atom is -0.496 e. The summed E-state index contributed by atoms with van der Waals surface area (Å²) in [6, 6.07) is 10.7. The standard InChI is InChI=1S/C16H13NO5/c1-22-14-7-2-10(8-13(14)16(20)21)9-17-12-5-3-11(4-6-12)15(18)19/h2-9H,1H3,(H,18,19)(H,20,21). The Hall–Kier alpha value is -3.15. The van der Waals surface area contributed by atoms with Crippen LogP contribution in [0.2, 0.25) is 0 Å². The quantitative estimate of drug-likeness (QED) is 0.827. The maximum absolute atomic E-state index is 11.1. The van der Waals surface area contributed by atoms with Crippen LogP contribution in [-0.4, -0.2) is 35.5 Å². The lowest BCUT2D eigenvalue weighted by molar-refractivity contribution is 0.0684. The lowest BCUT2D eigenvalue weighted by atomic mass is 10.1. The lowest BCUT2D eigenvalue weighted by Crippen LogP contribution is -2.01. The van der Waals surface area contributed by atoms with Gasteiger partial charge in [0.2, 0.25) is 0 Å². The van der Waals surface area contributed by atoms with E-state index in [-0.39, 0.29) is 16.9 Å². The fourth-order valence-electron chi connectivity index (χ4n) is 1.81. The molecule has 0 saturated heterocycles. The molecular formula is C16H13NO5. The molecule has 2 aromatic rings. The number of carboxylic acids is 2. The van der Waals surface area contributed by atoms with Gasteiger partial charge in [-0.25, -0.2) is 9.59 Å². The van der Waals surface area contributed by atoms with E-state index in [1.165, 1.54) is 31.5 Å². The molecule has 0 heterocycles. The van der Waals surface area contributed by atoms with Gasteiger partial charge in [0, 0.05) is 6.21 Å². The van der Waals surface area contributed by atoms with Gasteiger partial charge in [-0.2, -0.15) is 0 Å². The van der Waals surface area contributed by atoms with Crippen LogP contribution < -0.4 is 4.74 Å². The number of rotatable bonds is 5. The summed E-state index contributed by atoms with van der Waals surface area (Å²) in [6.07, 6.45) is 1.50. The zero-order valence-electron chi connectivity index (χ0n) is 11.7. The van der Waals surface area contributed by atoms with Crippen molar-refractivity contribution in [2.45, 2.75) is 0 Å². The Labute approximate surface area is 126 Å². The van der Waals surface area contributed by atoms with Crippen LogP contribution in [0.3, 0.4) is 0 Å². The molecule has 0 spiro atoms. The molecular weight excluding hydrogens is 286 g/mol. The van der Waals surface area contributed by atoms with Crippen LogP contribution in [0.25, 0.3) is 0 Å². The highest BCUT2D eigenvalue weighted by Crippen LogP contribution is 2.20. The van der Waals surface area contributed by atoms with Gasteiger partial charge in [-0.05, 0) is 48.0 Å². The van der Waals surface area contributed by atoms with Gasteiger partial charge in [0.1, 0.15) is 11.3 Å². The fourth-order valence-corrected chi connectivity index (χ4v) is 1.81. The number of hydrogen-bond acceptors (Lipinski definition) is 4. The fraction of sp³-hybridized carbons (Fsp3) is 0.0625. The van der Waals surface area contributed by atoms with E-state index in [0.29, 0.717) is 11.3 Å². The van der Waals surface area contributed by atoms with Crippen molar-refractivity contribution in [3.8, 4) is 5.75 Å². The molecule has 112 valence electrons. The summed E-state index contributed by atoms with van der Waals surface area (Å²) in [5.41, 5.74) is 1.39. The number of nitrogens with zero attached hydrogens (tertiary/aromatic N) is 1. The molecule has 0 fully saturated rings. The Morgan fingerprint density at radius 1 is 1.05 bits per heavy atom. The molecule has 0 aromatic heterocycles. The molecule has 0 amide bonds. The minimum absolute atomic E-state index is 0.0488. The summed E-state index contributed by atoms with van der Waals surface area (Å²) >= 11 is 0. The first-order valence-electron chi connectivity index (χ1n) is 6.30. The van der Waals surface area contributed by atoms with Crippen molar-refractivity contribution in [1.82, 2.24) is 0 Å². The third-order valence-corrected chi connectivity index (χ3v) is 2.93. The number of aliphatic imine (C=N–C) groups is 1. The van der Waals surface area contributed by atoms with Crippen LogP contribution in [0, 0.1) is 0 Å². The molecule has 6 nitrogen and oxygen atoms in total. The van der Waals surface area contributed by atoms with Gasteiger partial charge in [-0.3, -0.25) is 4.99 Å². The highest BCUT2D eigenvalue weighted by Gasteiger charge is 2.10. The normalized spacial score (nSPS) is 10.6. The number of methoxy groups -OCH3 is 1. The molecule has 2 aromatic carbocycles. The molecule has 0 aliphatic rings. The summed E-state index contributed by atoms with van der Waals surface area (Å²) in [6.45, 7) is 0. The highest BCUT2D eigenvalue weighted by atomic mass is 16.5. The summed E-state index contributed by atoms with van der Waals surface area (Å²) < 4.78 is 4.98. The number of carboxylic acid groups (broad SMARTS) is 2. The molecule has 2 N–H and O–H groups in total. The molecule has 22 heavy (non-hydrogen) atoms. The van der Waals surface area contributed by atoms with Crippen molar-refractivity contribution >= 4 is 23.8 Å². The molecule has 0 atom stereocenters. The van der Waals surface area contributed by atoms with Crippen LogP contribution in [0.1, 0.15) is 26.3 Å². The monoisotopic (exact) mass is 299 g/mol. The van der Waals surface area contributed by atoms with Gasteiger partial charge in [-0.1, -0.05) is 0 Å². The third kappa shape index (κ3) is 3.49. The van der Waals surface area contributed by atoms with E-state index in [1.807, 2.05) is 0 Å². The Bertz CT molecular complexity index is 735. The number of hydrogen-bond donors (Lipinski definition) is 2. The van der Waals surface area contributed by atoms with E-state index in [0.717, 1.165) is 0 Å². The van der Waals surface area contributed by atoms with Crippen molar-refractivity contribution in [1.29, 1.82) is 0 Å². The van der Waals surface area contributed by atoms with E-state index < -0.39 is 11.9 Å². The maximum atomic E-state index is 11.1. The summed E-state index contributed by atoms with van der Waals surface area (Å²) in [4.78, 5) is 26.1. The van der Waals surface area contributed by atoms with E-state index in [1.54, 1.807) is 24.3 Å². The summed E-state index contributed by atoms with van der Waals surface area (Å²) in [5.74, 6) is -1.81. The predicted molar refractivity (Wildman–Crippen MR) is 80.6 cm³/mol. The predicted octanol–water partition coefficient (Wildman–Crippen LogP) is 2.84. The first-order chi connectivity index (χ1) is 10.5. The lowest BCUT2D eigenvalue weighted by Gasteiger charge is -2.05. The minimum atomic E-state index is -1.09. The van der Waals surface area contributed by atoms with E-state index in [4.69, 9.17) is 14.9 Å². The second-order valence-corrected chi connectivity index (χ2v) is 4.38. The van der Waals surface area contributed by atoms with Gasteiger partial charge in [0.15, 0.2) is 0 Å². The average molecular weight is 299 g/mol. The van der Waals surface area contributed by atoms with Crippen LogP contribution in [0.4, 0.5) is 5.69 Å². The molecule has 0 radical (unpaired) electrons. The second-order valence-electron chi connectivity index (χ2n) is 4.38. The number of benzene rings is 2. The van der Waals surface area contributed by atoms with Crippen molar-refractivity contribution in [3.63, 3.8) is 0 Å². The molecule has 6 heteroatoms. The topological polar surface area (TPSA) is 96.2 Å². The maximum Gasteiger partial charge on any atom is 0.339 e. The molecule has 0 aliphatic heterocycles. The van der Waals surface area contributed by atoms with Crippen molar-refractivity contribution in [2.24, 2.45) is 4.99 Å². The first kappa shape index (κ1) is 15.2. The van der Waals surface area contributed by atoms with Crippen LogP contribution in [0.15, 0.2) is 47.5 Å². The largest absolute Gasteiger partial charge is 0.496 e. The van der Waals surface area contributed by atoms with Crippen LogP contribution in [-0.2, 0) is 0 Å². The third-order valence-electron chi connectivity index (χ3n) is 2.93. The number of ether oxygens (including phenoxy) is 1.